The van der Waals surface area contributed by atoms with Gasteiger partial charge in [0.25, 0.3) is 5.91 Å². The van der Waals surface area contributed by atoms with E-state index in [0.29, 0.717) is 5.56 Å². The minimum atomic E-state index is -0.925. The number of carbonyl (C=O) groups excluding carboxylic acids is 1. The molecule has 0 aliphatic rings. The van der Waals surface area contributed by atoms with Gasteiger partial charge in [-0.3, -0.25) is 9.59 Å². The number of hydrogen-bond acceptors (Lipinski definition) is 4. The molecule has 0 saturated heterocycles. The Morgan fingerprint density at radius 2 is 2.19 bits per heavy atom. The predicted octanol–water partition coefficient (Wildman–Crippen LogP) is 1.06. The van der Waals surface area contributed by atoms with Crippen LogP contribution in [0.25, 0.3) is 5.69 Å². The molecule has 7 heteroatoms. The van der Waals surface area contributed by atoms with Gasteiger partial charge in [0, 0.05) is 19.2 Å². The highest BCUT2D eigenvalue weighted by Gasteiger charge is 2.18. The van der Waals surface area contributed by atoms with Crippen molar-refractivity contribution in [2.45, 2.75) is 6.92 Å². The Kier molecular flexibility index (Phi) is 4.32. The fourth-order valence-corrected chi connectivity index (χ4v) is 1.92. The topological polar surface area (TPSA) is 88.3 Å². The molecule has 110 valence electrons. The highest BCUT2D eigenvalue weighted by atomic mass is 16.4. The minimum absolute atomic E-state index is 0.154. The smallest absolute Gasteiger partial charge is 0.308 e. The van der Waals surface area contributed by atoms with Crippen molar-refractivity contribution >= 4 is 11.9 Å². The largest absolute Gasteiger partial charge is 0.481 e. The van der Waals surface area contributed by atoms with Crippen LogP contribution in [-0.4, -0.2) is 50.2 Å². The summed E-state index contributed by atoms with van der Waals surface area (Å²) in [6.45, 7) is 1.72. The lowest BCUT2D eigenvalue weighted by molar-refractivity contribution is -0.141. The van der Waals surface area contributed by atoms with Crippen molar-refractivity contribution in [2.75, 3.05) is 13.6 Å². The molecular weight excluding hydrogens is 272 g/mol. The second kappa shape index (κ2) is 6.17. The first-order chi connectivity index (χ1) is 9.99. The van der Waals surface area contributed by atoms with Crippen molar-refractivity contribution in [1.82, 2.24) is 19.7 Å². The molecule has 0 aliphatic heterocycles. The summed E-state index contributed by atoms with van der Waals surface area (Å²) in [7, 11) is 1.59. The fraction of sp³-hybridized carbons (Fsp3) is 0.286. The number of rotatable bonds is 5. The lowest BCUT2D eigenvalue weighted by Gasteiger charge is -2.19. The van der Waals surface area contributed by atoms with Crippen LogP contribution in [0.4, 0.5) is 0 Å². The summed E-state index contributed by atoms with van der Waals surface area (Å²) >= 11 is 0. The number of carbonyl (C=O) groups is 2. The number of aliphatic carboxylic acids is 1. The van der Waals surface area contributed by atoms with Gasteiger partial charge in [-0.25, -0.2) is 9.67 Å². The van der Waals surface area contributed by atoms with Crippen LogP contribution in [-0.2, 0) is 4.79 Å². The van der Waals surface area contributed by atoms with E-state index in [-0.39, 0.29) is 12.5 Å². The van der Waals surface area contributed by atoms with E-state index in [1.807, 2.05) is 6.07 Å². The number of benzene rings is 1. The number of carboxylic acid groups (broad SMARTS) is 1. The molecule has 1 aromatic carbocycles. The molecule has 2 aromatic rings. The summed E-state index contributed by atoms with van der Waals surface area (Å²) < 4.78 is 1.55. The molecule has 0 bridgehead atoms. The normalized spacial score (nSPS) is 11.9. The SMILES string of the molecule is CC(CN(C)C(=O)c1cccc(-n2cncn2)c1)C(=O)O. The molecule has 0 saturated carbocycles. The summed E-state index contributed by atoms with van der Waals surface area (Å²) in [5.74, 6) is -1.77. The molecule has 1 heterocycles. The summed E-state index contributed by atoms with van der Waals surface area (Å²) in [5.41, 5.74) is 1.20. The van der Waals surface area contributed by atoms with Gasteiger partial charge in [-0.2, -0.15) is 5.10 Å². The van der Waals surface area contributed by atoms with Crippen molar-refractivity contribution in [3.05, 3.63) is 42.5 Å². The van der Waals surface area contributed by atoms with E-state index >= 15 is 0 Å². The minimum Gasteiger partial charge on any atom is -0.481 e. The van der Waals surface area contributed by atoms with Crippen LogP contribution in [0.1, 0.15) is 17.3 Å². The molecule has 2 rings (SSSR count). The predicted molar refractivity (Wildman–Crippen MR) is 75.1 cm³/mol. The zero-order chi connectivity index (χ0) is 15.4. The third kappa shape index (κ3) is 3.44. The van der Waals surface area contributed by atoms with Crippen LogP contribution < -0.4 is 0 Å². The maximum atomic E-state index is 12.3. The van der Waals surface area contributed by atoms with Crippen LogP contribution in [0, 0.1) is 5.92 Å². The van der Waals surface area contributed by atoms with Gasteiger partial charge in [0.15, 0.2) is 0 Å². The molecule has 1 N–H and O–H groups in total. The van der Waals surface area contributed by atoms with Crippen LogP contribution in [0.3, 0.4) is 0 Å². The van der Waals surface area contributed by atoms with Crippen molar-refractivity contribution < 1.29 is 14.7 Å². The third-order valence-electron chi connectivity index (χ3n) is 3.09. The number of nitrogens with zero attached hydrogens (tertiary/aromatic N) is 4. The Morgan fingerprint density at radius 3 is 2.81 bits per heavy atom. The Bertz CT molecular complexity index is 639. The highest BCUT2D eigenvalue weighted by Crippen LogP contribution is 2.12. The second-order valence-corrected chi connectivity index (χ2v) is 4.82. The molecule has 1 amide bonds. The van der Waals surface area contributed by atoms with E-state index in [1.165, 1.54) is 11.2 Å². The van der Waals surface area contributed by atoms with Gasteiger partial charge in [-0.1, -0.05) is 13.0 Å². The average molecular weight is 288 g/mol. The Morgan fingerprint density at radius 1 is 1.43 bits per heavy atom. The van der Waals surface area contributed by atoms with Gasteiger partial charge in [-0.15, -0.1) is 0 Å². The fourth-order valence-electron chi connectivity index (χ4n) is 1.92. The maximum absolute atomic E-state index is 12.3. The van der Waals surface area contributed by atoms with Gasteiger partial charge in [0.1, 0.15) is 12.7 Å². The quantitative estimate of drug-likeness (QED) is 0.888. The molecule has 1 aromatic heterocycles. The van der Waals surface area contributed by atoms with E-state index < -0.39 is 11.9 Å². The van der Waals surface area contributed by atoms with Crippen molar-refractivity contribution in [3.8, 4) is 5.69 Å². The lowest BCUT2D eigenvalue weighted by Crippen LogP contribution is -2.33. The molecule has 7 nitrogen and oxygen atoms in total. The van der Waals surface area contributed by atoms with E-state index in [1.54, 1.807) is 43.2 Å². The van der Waals surface area contributed by atoms with Crippen LogP contribution in [0.15, 0.2) is 36.9 Å². The molecule has 0 spiro atoms. The van der Waals surface area contributed by atoms with Crippen molar-refractivity contribution in [3.63, 3.8) is 0 Å². The number of hydrogen-bond donors (Lipinski definition) is 1. The van der Waals surface area contributed by atoms with E-state index in [4.69, 9.17) is 5.11 Å². The molecule has 0 aliphatic carbocycles. The monoisotopic (exact) mass is 288 g/mol. The first-order valence-electron chi connectivity index (χ1n) is 6.42. The van der Waals surface area contributed by atoms with Crippen LogP contribution in [0.2, 0.25) is 0 Å². The van der Waals surface area contributed by atoms with E-state index in [9.17, 15) is 9.59 Å². The molecule has 1 unspecified atom stereocenters. The zero-order valence-electron chi connectivity index (χ0n) is 11.8. The second-order valence-electron chi connectivity index (χ2n) is 4.82. The van der Waals surface area contributed by atoms with Gasteiger partial charge in [-0.05, 0) is 18.2 Å². The standard InChI is InChI=1S/C14H16N4O3/c1-10(14(20)21)7-17(2)13(19)11-4-3-5-12(6-11)18-9-15-8-16-18/h3-6,8-10H,7H2,1-2H3,(H,20,21). The summed E-state index contributed by atoms with van der Waals surface area (Å²) in [5, 5.41) is 12.9. The number of carboxylic acids is 1. The number of amides is 1. The molecule has 0 radical (unpaired) electrons. The van der Waals surface area contributed by atoms with Crippen LogP contribution >= 0.6 is 0 Å². The van der Waals surface area contributed by atoms with Crippen molar-refractivity contribution in [1.29, 1.82) is 0 Å². The maximum Gasteiger partial charge on any atom is 0.308 e. The molecule has 21 heavy (non-hydrogen) atoms. The van der Waals surface area contributed by atoms with E-state index in [2.05, 4.69) is 10.1 Å². The van der Waals surface area contributed by atoms with Crippen molar-refractivity contribution in [2.24, 2.45) is 5.92 Å². The Hall–Kier alpha value is -2.70. The van der Waals surface area contributed by atoms with Gasteiger partial charge >= 0.3 is 5.97 Å². The first kappa shape index (κ1) is 14.7. The number of aromatic nitrogens is 3. The average Bonchev–Trinajstić information content (AvgIpc) is 3.00. The first-order valence-corrected chi connectivity index (χ1v) is 6.42. The Balaban J connectivity index is 2.16. The van der Waals surface area contributed by atoms with Gasteiger partial charge in [0.2, 0.25) is 0 Å². The van der Waals surface area contributed by atoms with Gasteiger partial charge in [0.05, 0.1) is 11.6 Å². The summed E-state index contributed by atoms with van der Waals surface area (Å²) in [6, 6.07) is 6.94. The summed E-state index contributed by atoms with van der Waals surface area (Å²) in [4.78, 5) is 28.4. The third-order valence-corrected chi connectivity index (χ3v) is 3.09. The van der Waals surface area contributed by atoms with E-state index in [0.717, 1.165) is 5.69 Å². The van der Waals surface area contributed by atoms with Crippen LogP contribution in [0.5, 0.6) is 0 Å². The molecule has 1 atom stereocenters. The summed E-state index contributed by atoms with van der Waals surface area (Å²) in [6.07, 6.45) is 2.95. The highest BCUT2D eigenvalue weighted by molar-refractivity contribution is 5.94. The lowest BCUT2D eigenvalue weighted by atomic mass is 10.1. The Labute approximate surface area is 121 Å². The zero-order valence-corrected chi connectivity index (χ0v) is 11.8. The molecular formula is C14H16N4O3. The molecule has 0 fully saturated rings. The van der Waals surface area contributed by atoms with Gasteiger partial charge < -0.3 is 10.0 Å².